The van der Waals surface area contributed by atoms with Gasteiger partial charge in [-0.05, 0) is 42.8 Å². The molecule has 1 aromatic rings. The zero-order valence-corrected chi connectivity index (χ0v) is 14.2. The average Bonchev–Trinajstić information content (AvgIpc) is 2.41. The molecule has 0 unspecified atom stereocenters. The van der Waals surface area contributed by atoms with Crippen LogP contribution in [-0.2, 0) is 14.3 Å². The molecule has 0 spiro atoms. The van der Waals surface area contributed by atoms with Crippen LogP contribution in [0.4, 0.5) is 4.39 Å². The van der Waals surface area contributed by atoms with E-state index in [4.69, 9.17) is 21.1 Å². The van der Waals surface area contributed by atoms with Crippen LogP contribution in [0.3, 0.4) is 0 Å². The van der Waals surface area contributed by atoms with E-state index < -0.39 is 23.0 Å². The number of esters is 1. The van der Waals surface area contributed by atoms with E-state index >= 15 is 0 Å². The summed E-state index contributed by atoms with van der Waals surface area (Å²) in [6.45, 7) is 4.36. The van der Waals surface area contributed by atoms with Crippen molar-refractivity contribution in [2.45, 2.75) is 20.8 Å². The van der Waals surface area contributed by atoms with Gasteiger partial charge in [0.05, 0.1) is 16.1 Å². The number of hydrogen-bond acceptors (Lipinski definition) is 4. The van der Waals surface area contributed by atoms with Crippen LogP contribution in [0.2, 0.25) is 5.02 Å². The summed E-state index contributed by atoms with van der Waals surface area (Å²) in [5, 5.41) is -0.0626. The van der Waals surface area contributed by atoms with Gasteiger partial charge in [-0.3, -0.25) is 9.59 Å². The molecular weight excluding hydrogens is 367 g/mol. The molecule has 0 radical (unpaired) electrons. The van der Waals surface area contributed by atoms with Gasteiger partial charge in [0.1, 0.15) is 23.6 Å². The Labute approximate surface area is 135 Å². The van der Waals surface area contributed by atoms with E-state index in [1.54, 1.807) is 6.92 Å². The van der Waals surface area contributed by atoms with E-state index in [2.05, 4.69) is 15.9 Å². The molecule has 0 saturated heterocycles. The monoisotopic (exact) mass is 380 g/mol. The number of hydrogen-bond donors (Lipinski definition) is 0. The van der Waals surface area contributed by atoms with Crippen molar-refractivity contribution < 1.29 is 23.5 Å². The van der Waals surface area contributed by atoms with Gasteiger partial charge in [-0.1, -0.05) is 11.6 Å². The summed E-state index contributed by atoms with van der Waals surface area (Å²) in [6, 6.07) is 2.39. The van der Waals surface area contributed by atoms with E-state index in [0.717, 1.165) is 6.07 Å². The first kappa shape index (κ1) is 17.9. The molecule has 0 aromatic heterocycles. The molecule has 116 valence electrons. The van der Waals surface area contributed by atoms with Crippen molar-refractivity contribution in [2.24, 2.45) is 5.41 Å². The molecule has 0 amide bonds. The smallest absolute Gasteiger partial charge is 0.319 e. The van der Waals surface area contributed by atoms with Gasteiger partial charge in [0.25, 0.3) is 0 Å². The molecule has 1 rings (SSSR count). The minimum absolute atomic E-state index is 0.0626. The number of halogens is 3. The van der Waals surface area contributed by atoms with Gasteiger partial charge in [0.2, 0.25) is 0 Å². The maximum Gasteiger partial charge on any atom is 0.319 e. The summed E-state index contributed by atoms with van der Waals surface area (Å²) >= 11 is 8.77. The highest BCUT2D eigenvalue weighted by Crippen LogP contribution is 2.31. The van der Waals surface area contributed by atoms with Crippen LogP contribution in [0.15, 0.2) is 16.6 Å². The van der Waals surface area contributed by atoms with E-state index in [1.807, 2.05) is 0 Å². The lowest BCUT2D eigenvalue weighted by Crippen LogP contribution is -2.38. The number of Topliss-reactive ketones (excluding diaryl/α,β-unsaturated/α-hetero) is 1. The maximum absolute atomic E-state index is 13.4. The van der Waals surface area contributed by atoms with Crippen LogP contribution in [0.5, 0.6) is 5.75 Å². The van der Waals surface area contributed by atoms with Crippen LogP contribution in [0, 0.1) is 11.2 Å². The van der Waals surface area contributed by atoms with Crippen LogP contribution in [-0.4, -0.2) is 25.0 Å². The van der Waals surface area contributed by atoms with E-state index in [9.17, 15) is 14.0 Å². The van der Waals surface area contributed by atoms with Crippen LogP contribution in [0.25, 0.3) is 0 Å². The van der Waals surface area contributed by atoms with Crippen molar-refractivity contribution in [3.63, 3.8) is 0 Å². The van der Waals surface area contributed by atoms with Gasteiger partial charge < -0.3 is 9.47 Å². The second-order valence-corrected chi connectivity index (χ2v) is 6.02. The first-order chi connectivity index (χ1) is 9.70. The Morgan fingerprint density at radius 2 is 2.00 bits per heavy atom. The Balaban J connectivity index is 2.77. The topological polar surface area (TPSA) is 52.6 Å². The van der Waals surface area contributed by atoms with Crippen molar-refractivity contribution in [1.29, 1.82) is 0 Å². The molecule has 0 saturated carbocycles. The number of rotatable bonds is 6. The minimum Gasteiger partial charge on any atom is -0.485 e. The summed E-state index contributed by atoms with van der Waals surface area (Å²) in [5.41, 5.74) is -1.33. The fourth-order valence-corrected chi connectivity index (χ4v) is 2.12. The summed E-state index contributed by atoms with van der Waals surface area (Å²) in [4.78, 5) is 23.8. The van der Waals surface area contributed by atoms with Gasteiger partial charge >= 0.3 is 5.97 Å². The normalized spacial score (nSPS) is 11.1. The lowest BCUT2D eigenvalue weighted by molar-refractivity contribution is -0.158. The standard InChI is InChI=1S/C14H15BrClFO4/c1-4-20-13(19)14(2,3)12(18)7-21-11-6-10(17)9(16)5-8(11)15/h5-6H,4,7H2,1-3H3. The molecule has 0 aliphatic carbocycles. The molecule has 4 nitrogen and oxygen atoms in total. The third-order valence-electron chi connectivity index (χ3n) is 2.82. The summed E-state index contributed by atoms with van der Waals surface area (Å²) in [7, 11) is 0. The molecule has 0 N–H and O–H groups in total. The van der Waals surface area contributed by atoms with Gasteiger partial charge in [0, 0.05) is 6.07 Å². The van der Waals surface area contributed by atoms with Crippen molar-refractivity contribution in [1.82, 2.24) is 0 Å². The fraction of sp³-hybridized carbons (Fsp3) is 0.429. The molecular formula is C14H15BrClFO4. The first-order valence-corrected chi connectivity index (χ1v) is 7.35. The number of carbonyl (C=O) groups is 2. The summed E-state index contributed by atoms with van der Waals surface area (Å²) in [5.74, 6) is -1.62. The number of ketones is 1. The van der Waals surface area contributed by atoms with Crippen molar-refractivity contribution in [3.05, 3.63) is 27.4 Å². The molecule has 0 aliphatic heterocycles. The molecule has 0 heterocycles. The fourth-order valence-electron chi connectivity index (χ4n) is 1.36. The molecule has 21 heavy (non-hydrogen) atoms. The van der Waals surface area contributed by atoms with Crippen LogP contribution in [0.1, 0.15) is 20.8 Å². The molecule has 0 bridgehead atoms. The first-order valence-electron chi connectivity index (χ1n) is 6.18. The Hall–Kier alpha value is -1.14. The van der Waals surface area contributed by atoms with Gasteiger partial charge in [0.15, 0.2) is 5.78 Å². The zero-order chi connectivity index (χ0) is 16.2. The minimum atomic E-state index is -1.33. The molecule has 0 aliphatic rings. The lowest BCUT2D eigenvalue weighted by atomic mass is 9.88. The van der Waals surface area contributed by atoms with Crippen molar-refractivity contribution in [2.75, 3.05) is 13.2 Å². The second-order valence-electron chi connectivity index (χ2n) is 4.75. The Kier molecular flexibility index (Phi) is 6.16. The highest BCUT2D eigenvalue weighted by atomic mass is 79.9. The Morgan fingerprint density at radius 1 is 1.38 bits per heavy atom. The second kappa shape index (κ2) is 7.22. The Morgan fingerprint density at radius 3 is 2.57 bits per heavy atom. The SMILES string of the molecule is CCOC(=O)C(C)(C)C(=O)COc1cc(F)c(Cl)cc1Br. The average molecular weight is 382 g/mol. The molecule has 1 aromatic carbocycles. The molecule has 0 atom stereocenters. The van der Waals surface area contributed by atoms with Gasteiger partial charge in [-0.25, -0.2) is 4.39 Å². The third-order valence-corrected chi connectivity index (χ3v) is 3.73. The Bertz CT molecular complexity index is 560. The number of carbonyl (C=O) groups excluding carboxylic acids is 2. The number of ether oxygens (including phenoxy) is 2. The predicted molar refractivity (Wildman–Crippen MR) is 80.0 cm³/mol. The van der Waals surface area contributed by atoms with E-state index in [1.165, 1.54) is 19.9 Å². The van der Waals surface area contributed by atoms with Gasteiger partial charge in [-0.15, -0.1) is 0 Å². The van der Waals surface area contributed by atoms with E-state index in [-0.39, 0.29) is 24.0 Å². The van der Waals surface area contributed by atoms with E-state index in [0.29, 0.717) is 4.47 Å². The third kappa shape index (κ3) is 4.41. The lowest BCUT2D eigenvalue weighted by Gasteiger charge is -2.21. The maximum atomic E-state index is 13.4. The van der Waals surface area contributed by atoms with Crippen molar-refractivity contribution >= 4 is 39.3 Å². The van der Waals surface area contributed by atoms with Gasteiger partial charge in [-0.2, -0.15) is 0 Å². The van der Waals surface area contributed by atoms with Crippen LogP contribution < -0.4 is 4.74 Å². The van der Waals surface area contributed by atoms with Crippen LogP contribution >= 0.6 is 27.5 Å². The number of benzene rings is 1. The highest BCUT2D eigenvalue weighted by Gasteiger charge is 2.37. The molecule has 0 fully saturated rings. The summed E-state index contributed by atoms with van der Waals surface area (Å²) < 4.78 is 23.8. The predicted octanol–water partition coefficient (Wildman–Crippen LogP) is 3.78. The quantitative estimate of drug-likeness (QED) is 0.427. The summed E-state index contributed by atoms with van der Waals surface area (Å²) in [6.07, 6.45) is 0. The molecule has 7 heteroatoms. The highest BCUT2D eigenvalue weighted by molar-refractivity contribution is 9.10. The zero-order valence-electron chi connectivity index (χ0n) is 11.8. The largest absolute Gasteiger partial charge is 0.485 e. The van der Waals surface area contributed by atoms with Crippen molar-refractivity contribution in [3.8, 4) is 5.75 Å².